The quantitative estimate of drug-likeness (QED) is 0.624. The maximum Gasteiger partial charge on any atom is 0.159 e. The Morgan fingerprint density at radius 1 is 1.22 bits per heavy atom. The Bertz CT molecular complexity index is 810. The number of hydrogen-bond donors (Lipinski definition) is 3. The van der Waals surface area contributed by atoms with E-state index in [1.165, 1.54) is 12.4 Å². The summed E-state index contributed by atoms with van der Waals surface area (Å²) < 4.78 is 19.8. The number of anilines is 4. The normalized spacial score (nSPS) is 10.5. The monoisotopic (exact) mass is 377 g/mol. The van der Waals surface area contributed by atoms with Crippen LogP contribution in [0.15, 0.2) is 51.8 Å². The number of furan rings is 1. The molecule has 0 unspecified atom stereocenters. The van der Waals surface area contributed by atoms with Crippen molar-refractivity contribution in [2.45, 2.75) is 6.54 Å². The number of hydrogen-bond acceptors (Lipinski definition) is 6. The number of aromatic nitrogens is 2. The summed E-state index contributed by atoms with van der Waals surface area (Å²) in [4.78, 5) is 8.14. The van der Waals surface area contributed by atoms with Crippen molar-refractivity contribution in [1.29, 1.82) is 0 Å². The molecule has 23 heavy (non-hydrogen) atoms. The Morgan fingerprint density at radius 2 is 2.04 bits per heavy atom. The molecule has 6 nitrogen and oxygen atoms in total. The predicted molar refractivity (Wildman–Crippen MR) is 89.9 cm³/mol. The van der Waals surface area contributed by atoms with Crippen LogP contribution in [0, 0.1) is 5.82 Å². The van der Waals surface area contributed by atoms with Crippen molar-refractivity contribution in [3.8, 4) is 0 Å². The highest BCUT2D eigenvalue weighted by molar-refractivity contribution is 9.10. The molecule has 0 atom stereocenters. The molecule has 0 radical (unpaired) electrons. The minimum absolute atomic E-state index is 0.274. The van der Waals surface area contributed by atoms with Crippen LogP contribution in [0.5, 0.6) is 0 Å². The predicted octanol–water partition coefficient (Wildman–Crippen LogP) is 3.91. The van der Waals surface area contributed by atoms with Gasteiger partial charge in [-0.1, -0.05) is 15.9 Å². The third-order valence-corrected chi connectivity index (χ3v) is 3.57. The third-order valence-electron chi connectivity index (χ3n) is 3.08. The SMILES string of the molecule is Nc1c(NCc2ccco2)ncnc1Nc1ccc(Br)cc1F. The summed E-state index contributed by atoms with van der Waals surface area (Å²) in [6.45, 7) is 0.431. The van der Waals surface area contributed by atoms with Crippen LogP contribution in [0.3, 0.4) is 0 Å². The summed E-state index contributed by atoms with van der Waals surface area (Å²) in [6, 6.07) is 8.30. The molecular weight excluding hydrogens is 365 g/mol. The van der Waals surface area contributed by atoms with Crippen LogP contribution >= 0.6 is 15.9 Å². The Balaban J connectivity index is 1.78. The molecule has 0 fully saturated rings. The van der Waals surface area contributed by atoms with Gasteiger partial charge in [-0.2, -0.15) is 0 Å². The molecule has 3 rings (SSSR count). The Kier molecular flexibility index (Phi) is 4.42. The molecule has 2 heterocycles. The molecule has 0 aliphatic carbocycles. The van der Waals surface area contributed by atoms with Crippen molar-refractivity contribution in [3.63, 3.8) is 0 Å². The van der Waals surface area contributed by atoms with Crippen LogP contribution < -0.4 is 16.4 Å². The standard InChI is InChI=1S/C15H13BrFN5O/c16-9-3-4-12(11(17)6-9)22-15-13(18)14(20-8-21-15)19-7-10-2-1-5-23-10/h1-6,8H,7,18H2,(H2,19,20,21,22). The first-order chi connectivity index (χ1) is 11.1. The van der Waals surface area contributed by atoms with Crippen LogP contribution in [-0.2, 0) is 6.54 Å². The average Bonchev–Trinajstić information content (AvgIpc) is 3.04. The number of rotatable bonds is 5. The van der Waals surface area contributed by atoms with Gasteiger partial charge in [0.15, 0.2) is 11.6 Å². The summed E-state index contributed by atoms with van der Waals surface area (Å²) in [7, 11) is 0. The summed E-state index contributed by atoms with van der Waals surface area (Å²) in [6.07, 6.45) is 2.93. The maximum absolute atomic E-state index is 13.9. The van der Waals surface area contributed by atoms with E-state index >= 15 is 0 Å². The van der Waals surface area contributed by atoms with Gasteiger partial charge in [0.25, 0.3) is 0 Å². The Morgan fingerprint density at radius 3 is 2.78 bits per heavy atom. The van der Waals surface area contributed by atoms with Crippen molar-refractivity contribution < 1.29 is 8.81 Å². The average molecular weight is 378 g/mol. The fraction of sp³-hybridized carbons (Fsp3) is 0.0667. The molecule has 0 bridgehead atoms. The van der Waals surface area contributed by atoms with Gasteiger partial charge in [0, 0.05) is 4.47 Å². The van der Waals surface area contributed by atoms with E-state index in [9.17, 15) is 4.39 Å². The third kappa shape index (κ3) is 3.59. The Hall–Kier alpha value is -2.61. The van der Waals surface area contributed by atoms with Gasteiger partial charge in [-0.15, -0.1) is 0 Å². The van der Waals surface area contributed by atoms with E-state index < -0.39 is 5.82 Å². The number of nitrogens with one attached hydrogen (secondary N) is 2. The lowest BCUT2D eigenvalue weighted by Crippen LogP contribution is -2.08. The highest BCUT2D eigenvalue weighted by Crippen LogP contribution is 2.28. The van der Waals surface area contributed by atoms with E-state index in [4.69, 9.17) is 10.2 Å². The molecule has 0 amide bonds. The van der Waals surface area contributed by atoms with Gasteiger partial charge in [-0.25, -0.2) is 14.4 Å². The van der Waals surface area contributed by atoms with E-state index in [1.807, 2.05) is 6.07 Å². The van der Waals surface area contributed by atoms with E-state index in [0.29, 0.717) is 28.3 Å². The maximum atomic E-state index is 13.9. The first-order valence-electron chi connectivity index (χ1n) is 6.72. The van der Waals surface area contributed by atoms with Crippen LogP contribution in [-0.4, -0.2) is 9.97 Å². The Labute approximate surface area is 140 Å². The van der Waals surface area contributed by atoms with E-state index in [1.54, 1.807) is 24.5 Å². The molecule has 2 aromatic heterocycles. The second kappa shape index (κ2) is 6.66. The first-order valence-corrected chi connectivity index (χ1v) is 7.51. The molecule has 0 spiro atoms. The second-order valence-electron chi connectivity index (χ2n) is 4.67. The van der Waals surface area contributed by atoms with Gasteiger partial charge in [0.1, 0.15) is 23.6 Å². The largest absolute Gasteiger partial charge is 0.467 e. The lowest BCUT2D eigenvalue weighted by Gasteiger charge is -2.12. The number of nitrogens with zero attached hydrogens (tertiary/aromatic N) is 2. The number of nitrogen functional groups attached to an aromatic ring is 1. The molecule has 0 aliphatic rings. The lowest BCUT2D eigenvalue weighted by molar-refractivity contribution is 0.518. The van der Waals surface area contributed by atoms with E-state index in [0.717, 1.165) is 5.76 Å². The van der Waals surface area contributed by atoms with Crippen LogP contribution in [0.25, 0.3) is 0 Å². The van der Waals surface area contributed by atoms with Crippen LogP contribution in [0.1, 0.15) is 5.76 Å². The highest BCUT2D eigenvalue weighted by Gasteiger charge is 2.11. The summed E-state index contributed by atoms with van der Waals surface area (Å²) in [5.41, 5.74) is 6.60. The minimum Gasteiger partial charge on any atom is -0.467 e. The smallest absolute Gasteiger partial charge is 0.159 e. The summed E-state index contributed by atoms with van der Waals surface area (Å²) in [5.74, 6) is 1.10. The van der Waals surface area contributed by atoms with Gasteiger partial charge >= 0.3 is 0 Å². The molecule has 8 heteroatoms. The van der Waals surface area contributed by atoms with Gasteiger partial charge in [-0.05, 0) is 30.3 Å². The number of halogens is 2. The molecular formula is C15H13BrFN5O. The van der Waals surface area contributed by atoms with Gasteiger partial charge < -0.3 is 20.8 Å². The second-order valence-corrected chi connectivity index (χ2v) is 5.58. The van der Waals surface area contributed by atoms with Crippen molar-refractivity contribution in [1.82, 2.24) is 9.97 Å². The van der Waals surface area contributed by atoms with Gasteiger partial charge in [0.2, 0.25) is 0 Å². The minimum atomic E-state index is -0.414. The van der Waals surface area contributed by atoms with Gasteiger partial charge in [-0.3, -0.25) is 0 Å². The topological polar surface area (TPSA) is 89.0 Å². The molecule has 118 valence electrons. The molecule has 4 N–H and O–H groups in total. The number of nitrogens with two attached hydrogens (primary N) is 1. The molecule has 1 aromatic carbocycles. The van der Waals surface area contributed by atoms with Crippen molar-refractivity contribution in [2.75, 3.05) is 16.4 Å². The zero-order valence-electron chi connectivity index (χ0n) is 11.9. The van der Waals surface area contributed by atoms with E-state index in [2.05, 4.69) is 36.5 Å². The lowest BCUT2D eigenvalue weighted by atomic mass is 10.3. The van der Waals surface area contributed by atoms with Crippen molar-refractivity contribution in [3.05, 3.63) is 59.0 Å². The van der Waals surface area contributed by atoms with Crippen molar-refractivity contribution >= 4 is 38.9 Å². The van der Waals surface area contributed by atoms with E-state index in [-0.39, 0.29) is 5.69 Å². The molecule has 0 saturated carbocycles. The summed E-state index contributed by atoms with van der Waals surface area (Å²) >= 11 is 3.21. The zero-order valence-corrected chi connectivity index (χ0v) is 13.5. The molecule has 0 aliphatic heterocycles. The van der Waals surface area contributed by atoms with Crippen LogP contribution in [0.2, 0.25) is 0 Å². The number of benzene rings is 1. The van der Waals surface area contributed by atoms with Gasteiger partial charge in [0.05, 0.1) is 18.5 Å². The fourth-order valence-electron chi connectivity index (χ4n) is 1.94. The summed E-state index contributed by atoms with van der Waals surface area (Å²) in [5, 5.41) is 5.92. The van der Waals surface area contributed by atoms with Crippen molar-refractivity contribution in [2.24, 2.45) is 0 Å². The van der Waals surface area contributed by atoms with Crippen LogP contribution in [0.4, 0.5) is 27.4 Å². The zero-order chi connectivity index (χ0) is 16.2. The highest BCUT2D eigenvalue weighted by atomic mass is 79.9. The molecule has 0 saturated heterocycles. The first kappa shape index (κ1) is 15.3. The fourth-order valence-corrected chi connectivity index (χ4v) is 2.27. The molecule has 3 aromatic rings.